The number of halogens is 1. The van der Waals surface area contributed by atoms with Gasteiger partial charge < -0.3 is 5.32 Å². The fourth-order valence-corrected chi connectivity index (χ4v) is 2.52. The van der Waals surface area contributed by atoms with E-state index in [-0.39, 0.29) is 0 Å². The largest absolute Gasteiger partial charge is 0.311 e. The van der Waals surface area contributed by atoms with Crippen molar-refractivity contribution in [1.82, 2.24) is 20.3 Å². The van der Waals surface area contributed by atoms with Crippen LogP contribution in [-0.4, -0.2) is 21.5 Å². The van der Waals surface area contributed by atoms with Crippen molar-refractivity contribution in [2.24, 2.45) is 5.92 Å². The van der Waals surface area contributed by atoms with E-state index in [1.807, 2.05) is 16.9 Å². The molecule has 1 aromatic carbocycles. The van der Waals surface area contributed by atoms with Crippen LogP contribution in [0.4, 0.5) is 0 Å². The first kappa shape index (κ1) is 15.2. The van der Waals surface area contributed by atoms with E-state index in [1.54, 1.807) is 0 Å². The van der Waals surface area contributed by atoms with E-state index in [4.69, 9.17) is 0 Å². The Kier molecular flexibility index (Phi) is 5.31. The van der Waals surface area contributed by atoms with Crippen molar-refractivity contribution < 1.29 is 0 Å². The summed E-state index contributed by atoms with van der Waals surface area (Å²) in [5.41, 5.74) is 3.45. The molecule has 2 rings (SSSR count). The fraction of sp³-hybridized carbons (Fsp3) is 0.467. The summed E-state index contributed by atoms with van der Waals surface area (Å²) in [5, 5.41) is 11.7. The van der Waals surface area contributed by atoms with E-state index in [0.29, 0.717) is 5.92 Å². The lowest BCUT2D eigenvalue weighted by atomic mass is 10.1. The SMILES string of the molecule is CCc1cc(Br)ccc1-n1nncc1CNCC(C)C. The highest BCUT2D eigenvalue weighted by molar-refractivity contribution is 9.10. The molecule has 0 aliphatic rings. The molecule has 2 aromatic rings. The Balaban J connectivity index is 2.23. The van der Waals surface area contributed by atoms with E-state index >= 15 is 0 Å². The Morgan fingerprint density at radius 3 is 2.85 bits per heavy atom. The van der Waals surface area contributed by atoms with Gasteiger partial charge in [0.2, 0.25) is 0 Å². The van der Waals surface area contributed by atoms with Crippen molar-refractivity contribution in [3.63, 3.8) is 0 Å². The van der Waals surface area contributed by atoms with Gasteiger partial charge in [0.25, 0.3) is 0 Å². The summed E-state index contributed by atoms with van der Waals surface area (Å²) in [6, 6.07) is 6.27. The first-order chi connectivity index (χ1) is 9.61. The van der Waals surface area contributed by atoms with Crippen LogP contribution in [0.5, 0.6) is 0 Å². The van der Waals surface area contributed by atoms with E-state index in [2.05, 4.69) is 64.5 Å². The maximum Gasteiger partial charge on any atom is 0.0783 e. The average molecular weight is 337 g/mol. The number of aryl methyl sites for hydroxylation is 1. The third kappa shape index (κ3) is 3.67. The molecule has 1 heterocycles. The van der Waals surface area contributed by atoms with Crippen molar-refractivity contribution in [1.29, 1.82) is 0 Å². The quantitative estimate of drug-likeness (QED) is 0.879. The molecule has 0 amide bonds. The molecule has 0 radical (unpaired) electrons. The van der Waals surface area contributed by atoms with Gasteiger partial charge in [-0.15, -0.1) is 5.10 Å². The highest BCUT2D eigenvalue weighted by Gasteiger charge is 2.10. The molecule has 0 aliphatic carbocycles. The van der Waals surface area contributed by atoms with Crippen LogP contribution in [0, 0.1) is 5.92 Å². The fourth-order valence-electron chi connectivity index (χ4n) is 2.11. The topological polar surface area (TPSA) is 42.7 Å². The molecule has 0 bridgehead atoms. The molecular weight excluding hydrogens is 316 g/mol. The van der Waals surface area contributed by atoms with Gasteiger partial charge in [-0.3, -0.25) is 0 Å². The number of hydrogen-bond acceptors (Lipinski definition) is 3. The third-order valence-electron chi connectivity index (χ3n) is 3.13. The van der Waals surface area contributed by atoms with Gasteiger partial charge in [0.05, 0.1) is 17.6 Å². The zero-order chi connectivity index (χ0) is 14.5. The van der Waals surface area contributed by atoms with Gasteiger partial charge in [0.1, 0.15) is 0 Å². The lowest BCUT2D eigenvalue weighted by molar-refractivity contribution is 0.542. The Hall–Kier alpha value is -1.20. The van der Waals surface area contributed by atoms with Crippen LogP contribution < -0.4 is 5.32 Å². The van der Waals surface area contributed by atoms with Crippen LogP contribution in [0.15, 0.2) is 28.9 Å². The summed E-state index contributed by atoms with van der Waals surface area (Å²) >= 11 is 3.52. The summed E-state index contributed by atoms with van der Waals surface area (Å²) < 4.78 is 3.02. The van der Waals surface area contributed by atoms with Crippen molar-refractivity contribution in [3.05, 3.63) is 40.1 Å². The summed E-state index contributed by atoms with van der Waals surface area (Å²) in [4.78, 5) is 0. The lowest BCUT2D eigenvalue weighted by Crippen LogP contribution is -2.21. The maximum absolute atomic E-state index is 4.23. The molecule has 0 saturated carbocycles. The molecule has 20 heavy (non-hydrogen) atoms. The molecule has 5 heteroatoms. The normalized spacial score (nSPS) is 11.2. The smallest absolute Gasteiger partial charge is 0.0783 e. The monoisotopic (exact) mass is 336 g/mol. The maximum atomic E-state index is 4.23. The first-order valence-corrected chi connectivity index (χ1v) is 7.80. The Bertz CT molecular complexity index is 563. The molecular formula is C15H21BrN4. The standard InChI is InChI=1S/C15H21BrN4/c1-4-12-7-13(16)5-6-15(12)20-14(10-18-19-20)9-17-8-11(2)3/h5-7,10-11,17H,4,8-9H2,1-3H3. The van der Waals surface area contributed by atoms with Crippen molar-refractivity contribution >= 4 is 15.9 Å². The third-order valence-corrected chi connectivity index (χ3v) is 3.62. The van der Waals surface area contributed by atoms with Crippen molar-refractivity contribution in [3.8, 4) is 5.69 Å². The van der Waals surface area contributed by atoms with Gasteiger partial charge in [0, 0.05) is 11.0 Å². The van der Waals surface area contributed by atoms with Crippen molar-refractivity contribution in [2.75, 3.05) is 6.54 Å². The number of hydrogen-bond donors (Lipinski definition) is 1. The molecule has 108 valence electrons. The zero-order valence-electron chi connectivity index (χ0n) is 12.2. The van der Waals surface area contributed by atoms with Crippen molar-refractivity contribution in [2.45, 2.75) is 33.7 Å². The second kappa shape index (κ2) is 6.99. The number of benzene rings is 1. The van der Waals surface area contributed by atoms with E-state index in [9.17, 15) is 0 Å². The molecule has 0 aliphatic heterocycles. The number of nitrogens with one attached hydrogen (secondary N) is 1. The van der Waals surface area contributed by atoms with Crippen LogP contribution in [0.3, 0.4) is 0 Å². The van der Waals surface area contributed by atoms with Crippen LogP contribution >= 0.6 is 15.9 Å². The van der Waals surface area contributed by atoms with Gasteiger partial charge in [-0.05, 0) is 42.6 Å². The van der Waals surface area contributed by atoms with Crippen LogP contribution in [-0.2, 0) is 13.0 Å². The van der Waals surface area contributed by atoms with Gasteiger partial charge in [-0.25, -0.2) is 4.68 Å². The molecule has 4 nitrogen and oxygen atoms in total. The van der Waals surface area contributed by atoms with Crippen LogP contribution in [0.2, 0.25) is 0 Å². The van der Waals surface area contributed by atoms with Gasteiger partial charge in [-0.2, -0.15) is 0 Å². The zero-order valence-corrected chi connectivity index (χ0v) is 13.8. The summed E-state index contributed by atoms with van der Waals surface area (Å²) in [6.07, 6.45) is 2.79. The molecule has 0 atom stereocenters. The highest BCUT2D eigenvalue weighted by atomic mass is 79.9. The number of aromatic nitrogens is 3. The predicted molar refractivity (Wildman–Crippen MR) is 85.0 cm³/mol. The molecule has 0 unspecified atom stereocenters. The summed E-state index contributed by atoms with van der Waals surface area (Å²) in [5.74, 6) is 0.637. The van der Waals surface area contributed by atoms with Crippen LogP contribution in [0.1, 0.15) is 32.0 Å². The van der Waals surface area contributed by atoms with E-state index in [1.165, 1.54) is 5.56 Å². The minimum atomic E-state index is 0.637. The summed E-state index contributed by atoms with van der Waals surface area (Å²) in [7, 11) is 0. The highest BCUT2D eigenvalue weighted by Crippen LogP contribution is 2.21. The second-order valence-electron chi connectivity index (χ2n) is 5.29. The van der Waals surface area contributed by atoms with E-state index in [0.717, 1.165) is 35.4 Å². The minimum absolute atomic E-state index is 0.637. The number of rotatable bonds is 6. The minimum Gasteiger partial charge on any atom is -0.311 e. The molecule has 1 aromatic heterocycles. The molecule has 0 fully saturated rings. The average Bonchev–Trinajstić information content (AvgIpc) is 2.86. The van der Waals surface area contributed by atoms with E-state index < -0.39 is 0 Å². The second-order valence-corrected chi connectivity index (χ2v) is 6.20. The molecule has 0 spiro atoms. The molecule has 0 saturated heterocycles. The first-order valence-electron chi connectivity index (χ1n) is 7.01. The lowest BCUT2D eigenvalue weighted by Gasteiger charge is -2.12. The Morgan fingerprint density at radius 1 is 1.35 bits per heavy atom. The number of nitrogens with zero attached hydrogens (tertiary/aromatic N) is 3. The Morgan fingerprint density at radius 2 is 2.15 bits per heavy atom. The summed E-state index contributed by atoms with van der Waals surface area (Å²) in [6.45, 7) is 8.33. The molecule has 1 N–H and O–H groups in total. The van der Waals surface area contributed by atoms with Gasteiger partial charge in [-0.1, -0.05) is 41.9 Å². The van der Waals surface area contributed by atoms with Crippen LogP contribution in [0.25, 0.3) is 5.69 Å². The Labute approximate surface area is 128 Å². The van der Waals surface area contributed by atoms with Gasteiger partial charge >= 0.3 is 0 Å². The van der Waals surface area contributed by atoms with Gasteiger partial charge in [0.15, 0.2) is 0 Å². The predicted octanol–water partition coefficient (Wildman–Crippen LogP) is 3.34.